The van der Waals surface area contributed by atoms with E-state index < -0.39 is 0 Å². The Morgan fingerprint density at radius 2 is 1.27 bits per heavy atom. The number of rotatable bonds is 2. The maximum absolute atomic E-state index is 9.65. The summed E-state index contributed by atoms with van der Waals surface area (Å²) >= 11 is 0. The molecule has 0 aliphatic rings. The smallest absolute Gasteiger partial charge is 0.0690 e. The average Bonchev–Trinajstić information content (AvgIpc) is 2.92. The molecule has 0 aliphatic carbocycles. The molecular weight excluding hydrogens is 370 g/mol. The van der Waals surface area contributed by atoms with Gasteiger partial charge in [-0.05, 0) is 11.5 Å². The molecule has 5 heteroatoms. The molecule has 0 fully saturated rings. The summed E-state index contributed by atoms with van der Waals surface area (Å²) in [5.41, 5.74) is 0. The van der Waals surface area contributed by atoms with Crippen LogP contribution >= 0.6 is 0 Å². The summed E-state index contributed by atoms with van der Waals surface area (Å²) in [6.07, 6.45) is 6.04. The zero-order chi connectivity index (χ0) is 10.2. The van der Waals surface area contributed by atoms with Crippen LogP contribution in [0.15, 0.2) is 45.6 Å². The Balaban J connectivity index is 0.000000245. The first-order valence-corrected chi connectivity index (χ1v) is 3.70. The molecule has 0 amide bonds. The summed E-state index contributed by atoms with van der Waals surface area (Å²) in [6, 6.07) is 6.38. The molecule has 2 rings (SSSR count). The maximum Gasteiger partial charge on any atom is 0.0690 e. The second kappa shape index (κ2) is 7.92. The van der Waals surface area contributed by atoms with Crippen molar-refractivity contribution in [3.8, 4) is 0 Å². The molecule has 4 nitrogen and oxygen atoms in total. The van der Waals surface area contributed by atoms with E-state index in [9.17, 15) is 9.59 Å². The first-order valence-electron chi connectivity index (χ1n) is 3.70. The monoisotopic (exact) mass is 377 g/mol. The molecule has 0 N–H and O–H groups in total. The van der Waals surface area contributed by atoms with Crippen LogP contribution in [-0.4, -0.2) is 12.6 Å². The fourth-order valence-corrected chi connectivity index (χ4v) is 0.673. The molecule has 0 bridgehead atoms. The van der Waals surface area contributed by atoms with Gasteiger partial charge in [0.25, 0.3) is 0 Å². The predicted molar refractivity (Wildman–Crippen MR) is 47.0 cm³/mol. The number of hydrogen-bond acceptors (Lipinski definition) is 4. The summed E-state index contributed by atoms with van der Waals surface area (Å²) in [7, 11) is 0. The van der Waals surface area contributed by atoms with Crippen molar-refractivity contribution >= 4 is 12.6 Å². The SMILES string of the molecule is O=[C-]c1ccco1.O=[C-]c1ccco1.[Re]. The van der Waals surface area contributed by atoms with Crippen molar-refractivity contribution in [2.45, 2.75) is 0 Å². The third-order valence-electron chi connectivity index (χ3n) is 1.24. The molecule has 0 saturated carbocycles. The molecule has 1 radical (unpaired) electrons. The van der Waals surface area contributed by atoms with E-state index in [4.69, 9.17) is 0 Å². The Morgan fingerprint density at radius 3 is 1.40 bits per heavy atom. The van der Waals surface area contributed by atoms with Crippen molar-refractivity contribution < 1.29 is 38.8 Å². The van der Waals surface area contributed by atoms with Crippen LogP contribution in [0.5, 0.6) is 0 Å². The fraction of sp³-hybridized carbons (Fsp3) is 0. The van der Waals surface area contributed by atoms with E-state index in [-0.39, 0.29) is 31.9 Å². The molecule has 0 spiro atoms. The van der Waals surface area contributed by atoms with Gasteiger partial charge < -0.3 is 18.4 Å². The van der Waals surface area contributed by atoms with Crippen LogP contribution in [0.3, 0.4) is 0 Å². The van der Waals surface area contributed by atoms with Gasteiger partial charge in [-0.2, -0.15) is 12.1 Å². The third-order valence-corrected chi connectivity index (χ3v) is 1.24. The van der Waals surface area contributed by atoms with E-state index in [1.54, 1.807) is 36.8 Å². The Morgan fingerprint density at radius 1 is 0.867 bits per heavy atom. The first-order chi connectivity index (χ1) is 6.86. The summed E-state index contributed by atoms with van der Waals surface area (Å²) in [6.45, 7) is 0. The van der Waals surface area contributed by atoms with Gasteiger partial charge in [-0.25, -0.2) is 0 Å². The second-order valence-corrected chi connectivity index (χ2v) is 2.16. The first kappa shape index (κ1) is 13.6. The van der Waals surface area contributed by atoms with E-state index in [0.29, 0.717) is 0 Å². The Bertz CT molecular complexity index is 326. The molecule has 15 heavy (non-hydrogen) atoms. The minimum Gasteiger partial charge on any atom is -0.501 e. The second-order valence-electron chi connectivity index (χ2n) is 2.16. The minimum absolute atomic E-state index is 0. The van der Waals surface area contributed by atoms with Crippen molar-refractivity contribution in [3.63, 3.8) is 0 Å². The van der Waals surface area contributed by atoms with Gasteiger partial charge in [0.1, 0.15) is 0 Å². The molecule has 2 aromatic heterocycles. The van der Waals surface area contributed by atoms with Gasteiger partial charge in [-0.3, -0.25) is 0 Å². The van der Waals surface area contributed by atoms with Crippen molar-refractivity contribution in [2.24, 2.45) is 0 Å². The summed E-state index contributed by atoms with van der Waals surface area (Å²) in [4.78, 5) is 19.3. The number of furan rings is 2. The molecule has 2 aromatic rings. The fourth-order valence-electron chi connectivity index (χ4n) is 0.673. The minimum atomic E-state index is 0. The molecule has 0 saturated heterocycles. The van der Waals surface area contributed by atoms with Gasteiger partial charge in [-0.1, -0.05) is 0 Å². The van der Waals surface area contributed by atoms with Crippen LogP contribution in [0.25, 0.3) is 0 Å². The zero-order valence-electron chi connectivity index (χ0n) is 7.48. The van der Waals surface area contributed by atoms with Crippen LogP contribution in [0.1, 0.15) is 11.5 Å². The largest absolute Gasteiger partial charge is 0.501 e. The normalized spacial score (nSPS) is 8.00. The maximum atomic E-state index is 9.65. The molecule has 79 valence electrons. The number of carbonyl (C=O) groups excluding carboxylic acids is 2. The summed E-state index contributed by atoms with van der Waals surface area (Å²) in [5, 5.41) is 0. The van der Waals surface area contributed by atoms with Gasteiger partial charge >= 0.3 is 0 Å². The summed E-state index contributed by atoms with van der Waals surface area (Å²) in [5.74, 6) is 0.500. The average molecular weight is 376 g/mol. The Kier molecular flexibility index (Phi) is 7.16. The quantitative estimate of drug-likeness (QED) is 0.745. The van der Waals surface area contributed by atoms with Crippen molar-refractivity contribution in [1.82, 2.24) is 0 Å². The van der Waals surface area contributed by atoms with Gasteiger partial charge in [0, 0.05) is 33.0 Å². The van der Waals surface area contributed by atoms with Gasteiger partial charge in [0.2, 0.25) is 0 Å². The van der Waals surface area contributed by atoms with Crippen LogP contribution in [-0.2, 0) is 30.0 Å². The molecular formula is C10H6O4Re-2. The Labute approximate surface area is 99.9 Å². The predicted octanol–water partition coefficient (Wildman–Crippen LogP) is 1.47. The number of hydrogen-bond donors (Lipinski definition) is 0. The van der Waals surface area contributed by atoms with E-state index in [1.165, 1.54) is 12.5 Å². The molecule has 2 heterocycles. The molecule has 0 unspecified atom stereocenters. The third kappa shape index (κ3) is 5.11. The van der Waals surface area contributed by atoms with E-state index >= 15 is 0 Å². The van der Waals surface area contributed by atoms with Gasteiger partial charge in [-0.15, -0.1) is 12.1 Å². The van der Waals surface area contributed by atoms with Crippen LogP contribution in [0, 0.1) is 0 Å². The van der Waals surface area contributed by atoms with Crippen molar-refractivity contribution in [3.05, 3.63) is 48.3 Å². The zero-order valence-corrected chi connectivity index (χ0v) is 10.2. The van der Waals surface area contributed by atoms with Crippen molar-refractivity contribution in [1.29, 1.82) is 0 Å². The topological polar surface area (TPSA) is 60.4 Å². The van der Waals surface area contributed by atoms with E-state index in [2.05, 4.69) is 8.83 Å². The summed E-state index contributed by atoms with van der Waals surface area (Å²) < 4.78 is 9.12. The standard InChI is InChI=1S/2C5H3O2.Re/c2*6-4-5-2-1-3-7-5;/h2*1-3H;/q2*-1;. The Hall–Kier alpha value is -1.44. The molecule has 0 aromatic carbocycles. The van der Waals surface area contributed by atoms with Gasteiger partial charge in [0.05, 0.1) is 12.5 Å². The van der Waals surface area contributed by atoms with Gasteiger partial charge in [0.15, 0.2) is 0 Å². The van der Waals surface area contributed by atoms with Crippen LogP contribution in [0.4, 0.5) is 0 Å². The van der Waals surface area contributed by atoms with Crippen LogP contribution < -0.4 is 0 Å². The molecule has 0 aliphatic heterocycles. The van der Waals surface area contributed by atoms with E-state index in [1.807, 2.05) is 0 Å². The molecule has 0 atom stereocenters. The van der Waals surface area contributed by atoms with Crippen molar-refractivity contribution in [2.75, 3.05) is 0 Å². The van der Waals surface area contributed by atoms with E-state index in [0.717, 1.165) is 0 Å². The van der Waals surface area contributed by atoms with Crippen LogP contribution in [0.2, 0.25) is 0 Å².